The van der Waals surface area contributed by atoms with E-state index in [0.29, 0.717) is 5.92 Å². The number of rotatable bonds is 6. The highest BCUT2D eigenvalue weighted by molar-refractivity contribution is 7.99. The largest absolute Gasteiger partial charge is 0.379 e. The molecule has 0 unspecified atom stereocenters. The van der Waals surface area contributed by atoms with Crippen molar-refractivity contribution in [1.82, 2.24) is 9.80 Å². The van der Waals surface area contributed by atoms with Crippen LogP contribution in [0.3, 0.4) is 0 Å². The molecule has 1 aromatic carbocycles. The van der Waals surface area contributed by atoms with Crippen LogP contribution in [0.4, 0.5) is 4.39 Å². The van der Waals surface area contributed by atoms with Gasteiger partial charge in [-0.25, -0.2) is 4.39 Å². The number of carbonyl (C=O) groups is 1. The molecule has 0 radical (unpaired) electrons. The van der Waals surface area contributed by atoms with Gasteiger partial charge in [-0.3, -0.25) is 9.69 Å². The van der Waals surface area contributed by atoms with Crippen LogP contribution in [0.15, 0.2) is 29.2 Å². The zero-order chi connectivity index (χ0) is 18.4. The molecule has 1 atom stereocenters. The van der Waals surface area contributed by atoms with Crippen LogP contribution in [-0.4, -0.2) is 67.4 Å². The third-order valence-electron chi connectivity index (χ3n) is 5.28. The molecule has 1 amide bonds. The summed E-state index contributed by atoms with van der Waals surface area (Å²) in [5.41, 5.74) is 0. The Morgan fingerprint density at radius 1 is 1.19 bits per heavy atom. The van der Waals surface area contributed by atoms with Gasteiger partial charge in [0.1, 0.15) is 5.82 Å². The van der Waals surface area contributed by atoms with Crippen molar-refractivity contribution in [2.24, 2.45) is 11.8 Å². The van der Waals surface area contributed by atoms with E-state index < -0.39 is 0 Å². The summed E-state index contributed by atoms with van der Waals surface area (Å²) in [6, 6.07) is 6.48. The minimum Gasteiger partial charge on any atom is -0.379 e. The molecule has 3 rings (SSSR count). The predicted octanol–water partition coefficient (Wildman–Crippen LogP) is 3.12. The van der Waals surface area contributed by atoms with Crippen LogP contribution in [0.25, 0.3) is 0 Å². The number of halogens is 1. The maximum Gasteiger partial charge on any atom is 0.226 e. The van der Waals surface area contributed by atoms with Gasteiger partial charge >= 0.3 is 0 Å². The third-order valence-corrected chi connectivity index (χ3v) is 6.55. The average molecular weight is 381 g/mol. The minimum absolute atomic E-state index is 0.0131. The number of hydrogen-bond acceptors (Lipinski definition) is 4. The van der Waals surface area contributed by atoms with Gasteiger partial charge in [0.2, 0.25) is 5.91 Å². The standard InChI is InChI=1S/C20H29FN2O2S/c1-16(15-26-19-4-2-18(21)3-5-19)20(24)23-8-6-17(7-9-23)14-22-10-12-25-13-11-22/h2-5,16-17H,6-15H2,1H3/t16-/m1/s1. The van der Waals surface area contributed by atoms with Gasteiger partial charge in [0, 0.05) is 49.3 Å². The molecule has 0 saturated carbocycles. The second-order valence-electron chi connectivity index (χ2n) is 7.35. The van der Waals surface area contributed by atoms with Gasteiger partial charge in [-0.05, 0) is 43.0 Å². The first-order valence-electron chi connectivity index (χ1n) is 9.59. The smallest absolute Gasteiger partial charge is 0.226 e. The molecular weight excluding hydrogens is 351 g/mol. The molecule has 0 N–H and O–H groups in total. The molecule has 6 heteroatoms. The van der Waals surface area contributed by atoms with E-state index in [0.717, 1.165) is 69.4 Å². The van der Waals surface area contributed by atoms with Crippen molar-refractivity contribution in [3.8, 4) is 0 Å². The van der Waals surface area contributed by atoms with E-state index >= 15 is 0 Å². The summed E-state index contributed by atoms with van der Waals surface area (Å²) in [7, 11) is 0. The predicted molar refractivity (Wildman–Crippen MR) is 103 cm³/mol. The molecule has 2 aliphatic heterocycles. The van der Waals surface area contributed by atoms with Crippen LogP contribution >= 0.6 is 11.8 Å². The summed E-state index contributed by atoms with van der Waals surface area (Å²) >= 11 is 1.62. The van der Waals surface area contributed by atoms with Crippen LogP contribution in [-0.2, 0) is 9.53 Å². The number of amides is 1. The number of piperidine rings is 1. The Bertz CT molecular complexity index is 570. The van der Waals surface area contributed by atoms with Gasteiger partial charge in [-0.1, -0.05) is 6.92 Å². The number of likely N-dealkylation sites (tertiary alicyclic amines) is 1. The number of thioether (sulfide) groups is 1. The fourth-order valence-corrected chi connectivity index (χ4v) is 4.53. The molecule has 144 valence electrons. The van der Waals surface area contributed by atoms with Gasteiger partial charge in [-0.2, -0.15) is 0 Å². The Kier molecular flexibility index (Phi) is 7.34. The highest BCUT2D eigenvalue weighted by Crippen LogP contribution is 2.24. The number of morpholine rings is 1. The van der Waals surface area contributed by atoms with E-state index in [1.165, 1.54) is 12.1 Å². The molecule has 26 heavy (non-hydrogen) atoms. The van der Waals surface area contributed by atoms with Gasteiger partial charge < -0.3 is 9.64 Å². The van der Waals surface area contributed by atoms with Crippen molar-refractivity contribution in [3.05, 3.63) is 30.1 Å². The Hall–Kier alpha value is -1.11. The van der Waals surface area contributed by atoms with Crippen LogP contribution in [0, 0.1) is 17.7 Å². The topological polar surface area (TPSA) is 32.8 Å². The first kappa shape index (κ1) is 19.6. The van der Waals surface area contributed by atoms with E-state index in [-0.39, 0.29) is 17.6 Å². The first-order chi connectivity index (χ1) is 12.6. The number of hydrogen-bond donors (Lipinski definition) is 0. The summed E-state index contributed by atoms with van der Waals surface area (Å²) in [4.78, 5) is 18.2. The van der Waals surface area contributed by atoms with Gasteiger partial charge in [-0.15, -0.1) is 11.8 Å². The Morgan fingerprint density at radius 3 is 2.50 bits per heavy atom. The van der Waals surface area contributed by atoms with Crippen LogP contribution < -0.4 is 0 Å². The van der Waals surface area contributed by atoms with Gasteiger partial charge in [0.25, 0.3) is 0 Å². The third kappa shape index (κ3) is 5.69. The second kappa shape index (κ2) is 9.72. The van der Waals surface area contributed by atoms with E-state index in [1.54, 1.807) is 23.9 Å². The Labute approximate surface area is 160 Å². The normalized spacial score (nSPS) is 20.9. The SMILES string of the molecule is C[C@H](CSc1ccc(F)cc1)C(=O)N1CCC(CN2CCOCC2)CC1. The molecule has 0 aromatic heterocycles. The summed E-state index contributed by atoms with van der Waals surface area (Å²) in [5, 5.41) is 0. The number of ether oxygens (including phenoxy) is 1. The zero-order valence-electron chi connectivity index (χ0n) is 15.5. The molecule has 0 bridgehead atoms. The molecule has 2 heterocycles. The number of nitrogens with zero attached hydrogens (tertiary/aromatic N) is 2. The molecule has 2 saturated heterocycles. The van der Waals surface area contributed by atoms with Crippen molar-refractivity contribution < 1.29 is 13.9 Å². The van der Waals surface area contributed by atoms with Gasteiger partial charge in [0.15, 0.2) is 0 Å². The molecule has 0 aliphatic carbocycles. The lowest BCUT2D eigenvalue weighted by atomic mass is 9.95. The van der Waals surface area contributed by atoms with Crippen molar-refractivity contribution in [3.63, 3.8) is 0 Å². The van der Waals surface area contributed by atoms with Crippen LogP contribution in [0.2, 0.25) is 0 Å². The summed E-state index contributed by atoms with van der Waals surface area (Å²) in [6.07, 6.45) is 2.20. The van der Waals surface area contributed by atoms with E-state index in [1.807, 2.05) is 11.8 Å². The molecule has 4 nitrogen and oxygen atoms in total. The summed E-state index contributed by atoms with van der Waals surface area (Å²) < 4.78 is 18.4. The molecule has 0 spiro atoms. The molecule has 1 aromatic rings. The highest BCUT2D eigenvalue weighted by atomic mass is 32.2. The first-order valence-corrected chi connectivity index (χ1v) is 10.6. The van der Waals surface area contributed by atoms with Crippen LogP contribution in [0.5, 0.6) is 0 Å². The summed E-state index contributed by atoms with van der Waals surface area (Å²) in [6.45, 7) is 8.66. The van der Waals surface area contributed by atoms with Crippen molar-refractivity contribution in [1.29, 1.82) is 0 Å². The van der Waals surface area contributed by atoms with Gasteiger partial charge in [0.05, 0.1) is 13.2 Å². The monoisotopic (exact) mass is 380 g/mol. The highest BCUT2D eigenvalue weighted by Gasteiger charge is 2.27. The van der Waals surface area contributed by atoms with Crippen molar-refractivity contribution >= 4 is 17.7 Å². The van der Waals surface area contributed by atoms with Crippen molar-refractivity contribution in [2.45, 2.75) is 24.7 Å². The fraction of sp³-hybridized carbons (Fsp3) is 0.650. The zero-order valence-corrected chi connectivity index (χ0v) is 16.3. The molecular formula is C20H29FN2O2S. The Morgan fingerprint density at radius 2 is 1.85 bits per heavy atom. The van der Waals surface area contributed by atoms with Crippen molar-refractivity contribution in [2.75, 3.05) is 51.7 Å². The second-order valence-corrected chi connectivity index (χ2v) is 8.44. The number of carbonyl (C=O) groups excluding carboxylic acids is 1. The lowest BCUT2D eigenvalue weighted by molar-refractivity contribution is -0.135. The average Bonchev–Trinajstić information content (AvgIpc) is 2.68. The molecule has 2 fully saturated rings. The lowest BCUT2D eigenvalue weighted by Gasteiger charge is -2.36. The molecule has 2 aliphatic rings. The van der Waals surface area contributed by atoms with E-state index in [9.17, 15) is 9.18 Å². The fourth-order valence-electron chi connectivity index (χ4n) is 3.62. The maximum atomic E-state index is 13.0. The lowest BCUT2D eigenvalue weighted by Crippen LogP contribution is -2.45. The van der Waals surface area contributed by atoms with E-state index in [4.69, 9.17) is 4.74 Å². The Balaban J connectivity index is 1.38. The van der Waals surface area contributed by atoms with E-state index in [2.05, 4.69) is 4.90 Å². The minimum atomic E-state index is -0.224. The maximum absolute atomic E-state index is 13.0. The number of benzene rings is 1. The van der Waals surface area contributed by atoms with Crippen LogP contribution in [0.1, 0.15) is 19.8 Å². The quantitative estimate of drug-likeness (QED) is 0.710. The summed E-state index contributed by atoms with van der Waals surface area (Å²) in [5.74, 6) is 1.45.